The molecule has 0 bridgehead atoms. The predicted molar refractivity (Wildman–Crippen MR) is 121 cm³/mol. The maximum atomic E-state index is 10.8. The van der Waals surface area contributed by atoms with Crippen molar-refractivity contribution in [2.75, 3.05) is 0 Å². The molecule has 0 aromatic heterocycles. The van der Waals surface area contributed by atoms with Crippen LogP contribution in [-0.2, 0) is 19.3 Å². The maximum absolute atomic E-state index is 10.8. The molecule has 0 amide bonds. The molecule has 4 N–H and O–H groups in total. The Morgan fingerprint density at radius 3 is 1.52 bits per heavy atom. The summed E-state index contributed by atoms with van der Waals surface area (Å²) >= 11 is 0. The van der Waals surface area contributed by atoms with Crippen LogP contribution < -0.4 is 0 Å². The minimum atomic E-state index is 0.159. The van der Waals surface area contributed by atoms with E-state index in [1.165, 1.54) is 0 Å². The Bertz CT molecular complexity index is 1210. The summed E-state index contributed by atoms with van der Waals surface area (Å²) in [6, 6.07) is 25.2. The van der Waals surface area contributed by atoms with Crippen LogP contribution in [0, 0.1) is 0 Å². The lowest BCUT2D eigenvalue weighted by molar-refractivity contribution is 0.457. The second-order valence-electron chi connectivity index (χ2n) is 7.68. The van der Waals surface area contributed by atoms with Crippen LogP contribution in [0.15, 0.2) is 84.9 Å². The molecule has 0 aliphatic heterocycles. The summed E-state index contributed by atoms with van der Waals surface area (Å²) in [5, 5.41) is 41.3. The lowest BCUT2D eigenvalue weighted by Gasteiger charge is -2.13. The predicted octanol–water partition coefficient (Wildman–Crippen LogP) is 5.28. The van der Waals surface area contributed by atoms with Gasteiger partial charge in [-0.15, -0.1) is 0 Å². The lowest BCUT2D eigenvalue weighted by atomic mass is 9.95. The Balaban J connectivity index is 1.59. The van der Waals surface area contributed by atoms with Crippen LogP contribution in [-0.4, -0.2) is 20.4 Å². The highest BCUT2D eigenvalue weighted by atomic mass is 16.3. The standard InChI is InChI=1S/C27H24O4/c28-24-10-3-1-6-19(24)14-18-12-13-26(30)23(15-18)17-22-9-5-8-21(27(22)31)16-20-7-2-4-11-25(20)29/h1-13,15,28-31H,14,16-17H2. The Morgan fingerprint density at radius 2 is 0.903 bits per heavy atom. The Morgan fingerprint density at radius 1 is 0.419 bits per heavy atom. The quantitative estimate of drug-likeness (QED) is 0.347. The van der Waals surface area contributed by atoms with E-state index in [1.54, 1.807) is 30.3 Å². The summed E-state index contributed by atoms with van der Waals surface area (Å²) in [5.74, 6) is 0.760. The van der Waals surface area contributed by atoms with E-state index in [2.05, 4.69) is 0 Å². The van der Waals surface area contributed by atoms with Crippen LogP contribution in [0.4, 0.5) is 0 Å². The van der Waals surface area contributed by atoms with E-state index in [4.69, 9.17) is 0 Å². The van der Waals surface area contributed by atoms with E-state index in [9.17, 15) is 20.4 Å². The SMILES string of the molecule is Oc1ccccc1Cc1ccc(O)c(Cc2cccc(Cc3ccccc3O)c2O)c1. The second kappa shape index (κ2) is 8.84. The lowest BCUT2D eigenvalue weighted by Crippen LogP contribution is -1.97. The minimum Gasteiger partial charge on any atom is -0.508 e. The highest BCUT2D eigenvalue weighted by Crippen LogP contribution is 2.32. The Kier molecular flexibility index (Phi) is 5.80. The summed E-state index contributed by atoms with van der Waals surface area (Å²) in [4.78, 5) is 0. The molecule has 0 radical (unpaired) electrons. The first-order chi connectivity index (χ1) is 15.0. The number of phenolic OH excluding ortho intramolecular Hbond substituents is 4. The number of aromatic hydroxyl groups is 4. The van der Waals surface area contributed by atoms with E-state index in [0.29, 0.717) is 36.0 Å². The summed E-state index contributed by atoms with van der Waals surface area (Å²) in [6.45, 7) is 0. The molecule has 0 unspecified atom stereocenters. The van der Waals surface area contributed by atoms with E-state index in [0.717, 1.165) is 16.7 Å². The van der Waals surface area contributed by atoms with Gasteiger partial charge in [0.05, 0.1) is 0 Å². The fourth-order valence-corrected chi connectivity index (χ4v) is 3.77. The molecule has 4 aromatic carbocycles. The van der Waals surface area contributed by atoms with Crippen molar-refractivity contribution in [3.05, 3.63) is 118 Å². The van der Waals surface area contributed by atoms with Gasteiger partial charge in [0.15, 0.2) is 0 Å². The molecule has 0 spiro atoms. The molecule has 0 atom stereocenters. The fourth-order valence-electron chi connectivity index (χ4n) is 3.77. The fraction of sp³-hybridized carbons (Fsp3) is 0.111. The van der Waals surface area contributed by atoms with Crippen molar-refractivity contribution in [2.24, 2.45) is 0 Å². The summed E-state index contributed by atoms with van der Waals surface area (Å²) < 4.78 is 0. The number of hydrogen-bond acceptors (Lipinski definition) is 4. The van der Waals surface area contributed by atoms with Gasteiger partial charge >= 0.3 is 0 Å². The molecule has 0 fully saturated rings. The minimum absolute atomic E-state index is 0.159. The third-order valence-electron chi connectivity index (χ3n) is 5.49. The largest absolute Gasteiger partial charge is 0.508 e. The molecule has 0 aliphatic rings. The number of hydrogen-bond donors (Lipinski definition) is 4. The molecule has 0 heterocycles. The zero-order chi connectivity index (χ0) is 21.8. The second-order valence-corrected chi connectivity index (χ2v) is 7.68. The third-order valence-corrected chi connectivity index (χ3v) is 5.49. The van der Waals surface area contributed by atoms with E-state index in [-0.39, 0.29) is 23.0 Å². The first kappa shape index (κ1) is 20.4. The Hall–Kier alpha value is -3.92. The molecule has 0 saturated heterocycles. The number of phenols is 4. The first-order valence-electron chi connectivity index (χ1n) is 10.2. The molecule has 0 saturated carbocycles. The number of rotatable bonds is 6. The van der Waals surface area contributed by atoms with Crippen molar-refractivity contribution in [1.82, 2.24) is 0 Å². The average Bonchev–Trinajstić information content (AvgIpc) is 2.76. The van der Waals surface area contributed by atoms with Gasteiger partial charge in [-0.2, -0.15) is 0 Å². The van der Waals surface area contributed by atoms with Crippen LogP contribution in [0.1, 0.15) is 33.4 Å². The molecule has 4 nitrogen and oxygen atoms in total. The molecular formula is C27H24O4. The van der Waals surface area contributed by atoms with Crippen molar-refractivity contribution in [1.29, 1.82) is 0 Å². The average molecular weight is 412 g/mol. The molecule has 156 valence electrons. The summed E-state index contributed by atoms with van der Waals surface area (Å²) in [5.41, 5.74) is 4.61. The van der Waals surface area contributed by atoms with Gasteiger partial charge in [0.2, 0.25) is 0 Å². The van der Waals surface area contributed by atoms with E-state index >= 15 is 0 Å². The van der Waals surface area contributed by atoms with Crippen LogP contribution in [0.3, 0.4) is 0 Å². The number of benzene rings is 4. The van der Waals surface area contributed by atoms with Crippen molar-refractivity contribution in [2.45, 2.75) is 19.3 Å². The summed E-state index contributed by atoms with van der Waals surface area (Å²) in [7, 11) is 0. The summed E-state index contributed by atoms with van der Waals surface area (Å²) in [6.07, 6.45) is 1.31. The molecule has 4 heteroatoms. The van der Waals surface area contributed by atoms with Gasteiger partial charge in [-0.3, -0.25) is 0 Å². The monoisotopic (exact) mass is 412 g/mol. The van der Waals surface area contributed by atoms with E-state index < -0.39 is 0 Å². The third kappa shape index (κ3) is 4.64. The van der Waals surface area contributed by atoms with Gasteiger partial charge in [-0.25, -0.2) is 0 Å². The van der Waals surface area contributed by atoms with Gasteiger partial charge < -0.3 is 20.4 Å². The Labute approximate surface area is 181 Å². The van der Waals surface area contributed by atoms with Gasteiger partial charge in [0.1, 0.15) is 23.0 Å². The van der Waals surface area contributed by atoms with Crippen molar-refractivity contribution in [3.8, 4) is 23.0 Å². The highest BCUT2D eigenvalue weighted by molar-refractivity contribution is 5.49. The van der Waals surface area contributed by atoms with Gasteiger partial charge in [0, 0.05) is 19.3 Å². The van der Waals surface area contributed by atoms with Gasteiger partial charge in [-0.1, -0.05) is 66.7 Å². The van der Waals surface area contributed by atoms with Crippen molar-refractivity contribution < 1.29 is 20.4 Å². The molecule has 0 aliphatic carbocycles. The van der Waals surface area contributed by atoms with Crippen LogP contribution in [0.25, 0.3) is 0 Å². The molecule has 4 aromatic rings. The zero-order valence-electron chi connectivity index (χ0n) is 17.0. The maximum Gasteiger partial charge on any atom is 0.122 e. The molecular weight excluding hydrogens is 388 g/mol. The number of para-hydroxylation sites is 3. The topological polar surface area (TPSA) is 80.9 Å². The van der Waals surface area contributed by atoms with Crippen LogP contribution in [0.5, 0.6) is 23.0 Å². The highest BCUT2D eigenvalue weighted by Gasteiger charge is 2.13. The van der Waals surface area contributed by atoms with Crippen molar-refractivity contribution in [3.63, 3.8) is 0 Å². The van der Waals surface area contributed by atoms with Gasteiger partial charge in [0.25, 0.3) is 0 Å². The van der Waals surface area contributed by atoms with E-state index in [1.807, 2.05) is 54.6 Å². The van der Waals surface area contributed by atoms with Crippen molar-refractivity contribution >= 4 is 0 Å². The van der Waals surface area contributed by atoms with Crippen LogP contribution >= 0.6 is 0 Å². The normalized spacial score (nSPS) is 10.8. The molecule has 4 rings (SSSR count). The van der Waals surface area contributed by atoms with Gasteiger partial charge in [-0.05, 0) is 51.6 Å². The zero-order valence-corrected chi connectivity index (χ0v) is 17.0. The smallest absolute Gasteiger partial charge is 0.122 e. The first-order valence-corrected chi connectivity index (χ1v) is 10.2. The molecule has 31 heavy (non-hydrogen) atoms. The van der Waals surface area contributed by atoms with Crippen LogP contribution in [0.2, 0.25) is 0 Å².